The average Bonchev–Trinajstić information content (AvgIpc) is 2.79. The van der Waals surface area contributed by atoms with Crippen LogP contribution in [0.4, 0.5) is 0 Å². The maximum atomic E-state index is 6.44. The molecule has 2 fully saturated rings. The van der Waals surface area contributed by atoms with Crippen molar-refractivity contribution in [2.24, 2.45) is 11.7 Å². The van der Waals surface area contributed by atoms with Crippen molar-refractivity contribution in [3.63, 3.8) is 0 Å². The molecule has 20 heavy (non-hydrogen) atoms. The summed E-state index contributed by atoms with van der Waals surface area (Å²) >= 11 is 0. The van der Waals surface area contributed by atoms with Crippen LogP contribution in [0.3, 0.4) is 0 Å². The molecule has 1 saturated carbocycles. The lowest BCUT2D eigenvalue weighted by atomic mass is 9.83. The fraction of sp³-hybridized carbons (Fsp3) is 1.00. The molecule has 1 aliphatic carbocycles. The predicted octanol–water partition coefficient (Wildman–Crippen LogP) is 3.17. The summed E-state index contributed by atoms with van der Waals surface area (Å²) in [5.74, 6) is 0.580. The Kier molecular flexibility index (Phi) is 5.88. The molecule has 118 valence electrons. The third-order valence-electron chi connectivity index (χ3n) is 5.32. The number of ether oxygens (including phenoxy) is 1. The second kappa shape index (κ2) is 7.24. The SMILES string of the molecule is CC(C)C(N)CCN(C)CC1CCC2(CCCCC2)O1. The lowest BCUT2D eigenvalue weighted by molar-refractivity contribution is -0.0703. The first-order valence-corrected chi connectivity index (χ1v) is 8.63. The maximum absolute atomic E-state index is 6.44. The van der Waals surface area contributed by atoms with Crippen LogP contribution in [0.1, 0.15) is 65.2 Å². The smallest absolute Gasteiger partial charge is 0.0710 e. The summed E-state index contributed by atoms with van der Waals surface area (Å²) in [4.78, 5) is 2.41. The summed E-state index contributed by atoms with van der Waals surface area (Å²) in [5, 5.41) is 0. The van der Waals surface area contributed by atoms with E-state index in [1.807, 2.05) is 0 Å². The first-order chi connectivity index (χ1) is 9.51. The molecule has 0 aromatic carbocycles. The zero-order valence-electron chi connectivity index (χ0n) is 13.7. The van der Waals surface area contributed by atoms with Crippen molar-refractivity contribution in [3.05, 3.63) is 0 Å². The highest BCUT2D eigenvalue weighted by atomic mass is 16.5. The Morgan fingerprint density at radius 1 is 1.20 bits per heavy atom. The molecule has 2 unspecified atom stereocenters. The van der Waals surface area contributed by atoms with Gasteiger partial charge < -0.3 is 15.4 Å². The molecule has 3 nitrogen and oxygen atoms in total. The number of nitrogens with zero attached hydrogens (tertiary/aromatic N) is 1. The van der Waals surface area contributed by atoms with Gasteiger partial charge in [-0.25, -0.2) is 0 Å². The van der Waals surface area contributed by atoms with E-state index in [0.717, 1.165) is 19.5 Å². The molecule has 3 heteroatoms. The van der Waals surface area contributed by atoms with Crippen molar-refractivity contribution in [3.8, 4) is 0 Å². The van der Waals surface area contributed by atoms with Gasteiger partial charge in [-0.15, -0.1) is 0 Å². The van der Waals surface area contributed by atoms with Crippen molar-refractivity contribution < 1.29 is 4.74 Å². The van der Waals surface area contributed by atoms with E-state index in [0.29, 0.717) is 18.1 Å². The van der Waals surface area contributed by atoms with Crippen LogP contribution >= 0.6 is 0 Å². The monoisotopic (exact) mass is 282 g/mol. The molecule has 2 N–H and O–H groups in total. The summed E-state index contributed by atoms with van der Waals surface area (Å²) in [6.45, 7) is 6.58. The van der Waals surface area contributed by atoms with Gasteiger partial charge in [0.15, 0.2) is 0 Å². The van der Waals surface area contributed by atoms with Crippen LogP contribution in [-0.4, -0.2) is 42.8 Å². The highest BCUT2D eigenvalue weighted by molar-refractivity contribution is 4.91. The van der Waals surface area contributed by atoms with E-state index in [2.05, 4.69) is 25.8 Å². The van der Waals surface area contributed by atoms with Gasteiger partial charge in [0.1, 0.15) is 0 Å². The Labute approximate surface area is 125 Å². The summed E-state index contributed by atoms with van der Waals surface area (Å²) in [5.41, 5.74) is 6.39. The Bertz CT molecular complexity index is 287. The molecule has 0 radical (unpaired) electrons. The Morgan fingerprint density at radius 3 is 2.55 bits per heavy atom. The molecule has 1 aliphatic heterocycles. The zero-order valence-corrected chi connectivity index (χ0v) is 13.7. The summed E-state index contributed by atoms with van der Waals surface area (Å²) in [7, 11) is 2.21. The third-order valence-corrected chi connectivity index (χ3v) is 5.32. The highest BCUT2D eigenvalue weighted by Crippen LogP contribution is 2.41. The number of hydrogen-bond acceptors (Lipinski definition) is 3. The van der Waals surface area contributed by atoms with Crippen LogP contribution < -0.4 is 5.73 Å². The van der Waals surface area contributed by atoms with Gasteiger partial charge in [-0.1, -0.05) is 33.1 Å². The number of likely N-dealkylation sites (N-methyl/N-ethyl adjacent to an activating group) is 1. The molecule has 1 saturated heterocycles. The topological polar surface area (TPSA) is 38.5 Å². The minimum atomic E-state index is 0.262. The van der Waals surface area contributed by atoms with Gasteiger partial charge in [0.25, 0.3) is 0 Å². The highest BCUT2D eigenvalue weighted by Gasteiger charge is 2.40. The molecule has 1 heterocycles. The Balaban J connectivity index is 1.69. The van der Waals surface area contributed by atoms with Crippen LogP contribution in [0.25, 0.3) is 0 Å². The zero-order chi connectivity index (χ0) is 14.6. The summed E-state index contributed by atoms with van der Waals surface area (Å²) in [6.07, 6.45) is 10.8. The lowest BCUT2D eigenvalue weighted by Crippen LogP contribution is -2.37. The largest absolute Gasteiger partial charge is 0.370 e. The third kappa shape index (κ3) is 4.44. The first-order valence-electron chi connectivity index (χ1n) is 8.63. The standard InChI is InChI=1S/C17H34N2O/c1-14(2)16(18)8-12-19(3)13-15-7-11-17(20-15)9-5-4-6-10-17/h14-16H,4-13,18H2,1-3H3. The van der Waals surface area contributed by atoms with Gasteiger partial charge in [-0.2, -0.15) is 0 Å². The molecule has 0 aromatic rings. The van der Waals surface area contributed by atoms with Crippen LogP contribution in [0.2, 0.25) is 0 Å². The van der Waals surface area contributed by atoms with E-state index in [1.54, 1.807) is 0 Å². The normalized spacial score (nSPS) is 27.6. The fourth-order valence-electron chi connectivity index (χ4n) is 3.73. The summed E-state index contributed by atoms with van der Waals surface area (Å²) in [6, 6.07) is 0.326. The van der Waals surface area contributed by atoms with Crippen LogP contribution in [0.15, 0.2) is 0 Å². The molecular formula is C17H34N2O. The van der Waals surface area contributed by atoms with Crippen molar-refractivity contribution >= 4 is 0 Å². The predicted molar refractivity (Wildman–Crippen MR) is 84.9 cm³/mol. The van der Waals surface area contributed by atoms with Crippen molar-refractivity contribution in [2.75, 3.05) is 20.1 Å². The van der Waals surface area contributed by atoms with Gasteiger partial charge in [-0.05, 0) is 51.6 Å². The average molecular weight is 282 g/mol. The lowest BCUT2D eigenvalue weighted by Gasteiger charge is -2.34. The van der Waals surface area contributed by atoms with Crippen molar-refractivity contribution in [1.82, 2.24) is 4.90 Å². The maximum Gasteiger partial charge on any atom is 0.0710 e. The van der Waals surface area contributed by atoms with Gasteiger partial charge in [0.05, 0.1) is 11.7 Å². The minimum Gasteiger partial charge on any atom is -0.370 e. The Hall–Kier alpha value is -0.120. The molecule has 1 spiro atoms. The van der Waals surface area contributed by atoms with Crippen LogP contribution in [0, 0.1) is 5.92 Å². The second-order valence-electron chi connectivity index (χ2n) is 7.48. The number of nitrogens with two attached hydrogens (primary N) is 1. The molecule has 2 aliphatic rings. The molecule has 0 bridgehead atoms. The number of rotatable bonds is 6. The molecule has 0 amide bonds. The first kappa shape index (κ1) is 16.3. The van der Waals surface area contributed by atoms with E-state index >= 15 is 0 Å². The molecule has 2 atom stereocenters. The minimum absolute atomic E-state index is 0.262. The van der Waals surface area contributed by atoms with Crippen molar-refractivity contribution in [2.45, 2.75) is 83.0 Å². The van der Waals surface area contributed by atoms with Gasteiger partial charge >= 0.3 is 0 Å². The summed E-state index contributed by atoms with van der Waals surface area (Å²) < 4.78 is 6.44. The van der Waals surface area contributed by atoms with E-state index in [-0.39, 0.29) is 5.60 Å². The molecule has 2 rings (SSSR count). The second-order valence-corrected chi connectivity index (χ2v) is 7.48. The van der Waals surface area contributed by atoms with Crippen molar-refractivity contribution in [1.29, 1.82) is 0 Å². The quantitative estimate of drug-likeness (QED) is 0.813. The van der Waals surface area contributed by atoms with Crippen LogP contribution in [0.5, 0.6) is 0 Å². The molecular weight excluding hydrogens is 248 g/mol. The van der Waals surface area contributed by atoms with E-state index in [4.69, 9.17) is 10.5 Å². The molecule has 0 aromatic heterocycles. The fourth-order valence-corrected chi connectivity index (χ4v) is 3.73. The van der Waals surface area contributed by atoms with E-state index in [1.165, 1.54) is 44.9 Å². The van der Waals surface area contributed by atoms with Gasteiger partial charge in [-0.3, -0.25) is 0 Å². The number of hydrogen-bond donors (Lipinski definition) is 1. The van der Waals surface area contributed by atoms with E-state index < -0.39 is 0 Å². The van der Waals surface area contributed by atoms with Gasteiger partial charge in [0.2, 0.25) is 0 Å². The van der Waals surface area contributed by atoms with Gasteiger partial charge in [0, 0.05) is 12.6 Å². The van der Waals surface area contributed by atoms with E-state index in [9.17, 15) is 0 Å². The van der Waals surface area contributed by atoms with Crippen LogP contribution in [-0.2, 0) is 4.74 Å². The Morgan fingerprint density at radius 2 is 1.90 bits per heavy atom.